The number of amides is 2. The quantitative estimate of drug-likeness (QED) is 0.797. The number of carboxylic acids is 1. The average molecular weight is 296 g/mol. The normalized spacial score (nSPS) is 16.5. The van der Waals surface area contributed by atoms with E-state index in [-0.39, 0.29) is 18.0 Å². The van der Waals surface area contributed by atoms with Gasteiger partial charge in [0.1, 0.15) is 6.54 Å². The fourth-order valence-corrected chi connectivity index (χ4v) is 2.42. The zero-order chi connectivity index (χ0) is 16.4. The summed E-state index contributed by atoms with van der Waals surface area (Å²) in [5.41, 5.74) is 0.968. The first-order chi connectivity index (χ1) is 9.43. The van der Waals surface area contributed by atoms with Gasteiger partial charge in [-0.25, -0.2) is 4.79 Å². The van der Waals surface area contributed by atoms with Gasteiger partial charge in [-0.05, 0) is 32.6 Å². The number of hydrogen-bond acceptors (Lipinski definition) is 2. The Morgan fingerprint density at radius 1 is 1.24 bits per heavy atom. The van der Waals surface area contributed by atoms with E-state index in [1.807, 2.05) is 20.8 Å². The minimum atomic E-state index is -0.985. The summed E-state index contributed by atoms with van der Waals surface area (Å²) in [6.45, 7) is 13.0. The minimum absolute atomic E-state index is 0.125. The molecule has 0 bridgehead atoms. The molecule has 0 saturated heterocycles. The van der Waals surface area contributed by atoms with Gasteiger partial charge in [-0.1, -0.05) is 32.4 Å². The fourth-order valence-electron chi connectivity index (χ4n) is 2.42. The molecule has 1 rings (SSSR count). The van der Waals surface area contributed by atoms with Crippen LogP contribution in [-0.2, 0) is 4.79 Å². The van der Waals surface area contributed by atoms with E-state index in [9.17, 15) is 9.59 Å². The third-order valence-electron chi connectivity index (χ3n) is 3.78. The Bertz CT molecular complexity index is 441. The molecular formula is C16H28N2O3. The molecule has 0 unspecified atom stereocenters. The monoisotopic (exact) mass is 296 g/mol. The van der Waals surface area contributed by atoms with Crippen molar-refractivity contribution in [1.82, 2.24) is 9.80 Å². The lowest BCUT2D eigenvalue weighted by Gasteiger charge is -2.40. The molecule has 0 spiro atoms. The second kappa shape index (κ2) is 6.08. The molecule has 120 valence electrons. The first kappa shape index (κ1) is 17.5. The fraction of sp³-hybridized carbons (Fsp3) is 0.750. The van der Waals surface area contributed by atoms with Gasteiger partial charge in [0.25, 0.3) is 0 Å². The van der Waals surface area contributed by atoms with Crippen LogP contribution in [0.25, 0.3) is 0 Å². The van der Waals surface area contributed by atoms with E-state index in [0.717, 1.165) is 6.42 Å². The third kappa shape index (κ3) is 4.76. The standard InChI is InChI=1S/C16H28N2O3/c1-15(2,3)12-7-9-17(10-8-12)14(21)18(11-13(19)20)16(4,5)6/h7H,8-11H2,1-6H3,(H,19,20). The first-order valence-electron chi connectivity index (χ1n) is 7.41. The molecule has 0 aromatic rings. The number of carboxylic acid groups (broad SMARTS) is 1. The summed E-state index contributed by atoms with van der Waals surface area (Å²) in [6, 6.07) is -0.200. The zero-order valence-corrected chi connectivity index (χ0v) is 14.1. The Morgan fingerprint density at radius 2 is 1.81 bits per heavy atom. The number of carbonyl (C=O) groups is 2. The maximum absolute atomic E-state index is 12.6. The molecule has 2 amide bonds. The summed E-state index contributed by atoms with van der Waals surface area (Å²) < 4.78 is 0. The Balaban J connectivity index is 2.84. The van der Waals surface area contributed by atoms with Crippen LogP contribution in [0.3, 0.4) is 0 Å². The molecule has 0 radical (unpaired) electrons. The van der Waals surface area contributed by atoms with E-state index in [4.69, 9.17) is 5.11 Å². The second-order valence-corrected chi connectivity index (χ2v) is 7.61. The molecule has 0 aromatic heterocycles. The predicted molar refractivity (Wildman–Crippen MR) is 83.2 cm³/mol. The van der Waals surface area contributed by atoms with Gasteiger partial charge < -0.3 is 14.9 Å². The van der Waals surface area contributed by atoms with Gasteiger partial charge in [0.2, 0.25) is 0 Å². The zero-order valence-electron chi connectivity index (χ0n) is 14.1. The summed E-state index contributed by atoms with van der Waals surface area (Å²) in [7, 11) is 0. The van der Waals surface area contributed by atoms with E-state index >= 15 is 0 Å². The van der Waals surface area contributed by atoms with Crippen molar-refractivity contribution in [3.05, 3.63) is 11.6 Å². The highest BCUT2D eigenvalue weighted by molar-refractivity contribution is 5.81. The van der Waals surface area contributed by atoms with Gasteiger partial charge in [0, 0.05) is 18.6 Å². The van der Waals surface area contributed by atoms with Gasteiger partial charge in [-0.15, -0.1) is 0 Å². The third-order valence-corrected chi connectivity index (χ3v) is 3.78. The molecule has 1 aliphatic rings. The molecular weight excluding hydrogens is 268 g/mol. The van der Waals surface area contributed by atoms with E-state index in [0.29, 0.717) is 13.1 Å². The Labute approximate surface area is 127 Å². The maximum atomic E-state index is 12.6. The van der Waals surface area contributed by atoms with E-state index in [1.165, 1.54) is 10.5 Å². The molecule has 5 heteroatoms. The van der Waals surface area contributed by atoms with E-state index in [1.54, 1.807) is 4.90 Å². The molecule has 0 saturated carbocycles. The largest absolute Gasteiger partial charge is 0.480 e. The van der Waals surface area contributed by atoms with Crippen molar-refractivity contribution in [2.75, 3.05) is 19.6 Å². The summed E-state index contributed by atoms with van der Waals surface area (Å²) in [4.78, 5) is 26.7. The Morgan fingerprint density at radius 3 is 2.14 bits per heavy atom. The molecule has 0 aliphatic carbocycles. The summed E-state index contributed by atoms with van der Waals surface area (Å²) in [5.74, 6) is -0.985. The van der Waals surface area contributed by atoms with Crippen LogP contribution < -0.4 is 0 Å². The molecule has 0 aromatic carbocycles. The molecule has 1 N–H and O–H groups in total. The minimum Gasteiger partial charge on any atom is -0.480 e. The maximum Gasteiger partial charge on any atom is 0.323 e. The van der Waals surface area contributed by atoms with Crippen LogP contribution >= 0.6 is 0 Å². The highest BCUT2D eigenvalue weighted by Gasteiger charge is 2.33. The van der Waals surface area contributed by atoms with Crippen molar-refractivity contribution >= 4 is 12.0 Å². The van der Waals surface area contributed by atoms with Crippen LogP contribution in [0, 0.1) is 5.41 Å². The Hall–Kier alpha value is -1.52. The number of nitrogens with zero attached hydrogens (tertiary/aromatic N) is 2. The van der Waals surface area contributed by atoms with Crippen molar-refractivity contribution in [2.45, 2.75) is 53.5 Å². The number of urea groups is 1. The van der Waals surface area contributed by atoms with Crippen LogP contribution in [0.15, 0.2) is 11.6 Å². The van der Waals surface area contributed by atoms with Crippen LogP contribution in [-0.4, -0.2) is 52.1 Å². The summed E-state index contributed by atoms with van der Waals surface area (Å²) in [6.07, 6.45) is 2.95. The SMILES string of the molecule is CC(C)(C)C1=CCN(C(=O)N(CC(=O)O)C(C)(C)C)CC1. The lowest BCUT2D eigenvalue weighted by Crippen LogP contribution is -2.54. The molecule has 21 heavy (non-hydrogen) atoms. The van der Waals surface area contributed by atoms with Crippen LogP contribution in [0.2, 0.25) is 0 Å². The highest BCUT2D eigenvalue weighted by atomic mass is 16.4. The van der Waals surface area contributed by atoms with Crippen molar-refractivity contribution < 1.29 is 14.7 Å². The number of hydrogen-bond donors (Lipinski definition) is 1. The van der Waals surface area contributed by atoms with Crippen LogP contribution in [0.4, 0.5) is 4.79 Å². The van der Waals surface area contributed by atoms with E-state index in [2.05, 4.69) is 26.8 Å². The number of carbonyl (C=O) groups excluding carboxylic acids is 1. The first-order valence-corrected chi connectivity index (χ1v) is 7.41. The number of rotatable bonds is 2. The molecule has 5 nitrogen and oxygen atoms in total. The van der Waals surface area contributed by atoms with Crippen molar-refractivity contribution in [2.24, 2.45) is 5.41 Å². The van der Waals surface area contributed by atoms with Crippen molar-refractivity contribution in [1.29, 1.82) is 0 Å². The summed E-state index contributed by atoms with van der Waals surface area (Å²) >= 11 is 0. The van der Waals surface area contributed by atoms with Gasteiger partial charge in [0.15, 0.2) is 0 Å². The Kier molecular flexibility index (Phi) is 5.07. The highest BCUT2D eigenvalue weighted by Crippen LogP contribution is 2.30. The molecule has 1 aliphatic heterocycles. The molecule has 0 atom stereocenters. The second-order valence-electron chi connectivity index (χ2n) is 7.61. The lowest BCUT2D eigenvalue weighted by atomic mass is 9.83. The molecule has 0 fully saturated rings. The van der Waals surface area contributed by atoms with Gasteiger partial charge in [-0.2, -0.15) is 0 Å². The topological polar surface area (TPSA) is 60.9 Å². The van der Waals surface area contributed by atoms with Crippen LogP contribution in [0.1, 0.15) is 48.0 Å². The predicted octanol–water partition coefficient (Wildman–Crippen LogP) is 2.97. The average Bonchev–Trinajstić information content (AvgIpc) is 2.33. The smallest absolute Gasteiger partial charge is 0.323 e. The number of aliphatic carboxylic acids is 1. The van der Waals surface area contributed by atoms with Gasteiger partial charge in [-0.3, -0.25) is 4.79 Å². The van der Waals surface area contributed by atoms with E-state index < -0.39 is 11.5 Å². The van der Waals surface area contributed by atoms with Crippen molar-refractivity contribution in [3.8, 4) is 0 Å². The molecule has 1 heterocycles. The van der Waals surface area contributed by atoms with Gasteiger partial charge in [0.05, 0.1) is 0 Å². The lowest BCUT2D eigenvalue weighted by molar-refractivity contribution is -0.138. The van der Waals surface area contributed by atoms with Crippen LogP contribution in [0.5, 0.6) is 0 Å². The van der Waals surface area contributed by atoms with Crippen molar-refractivity contribution in [3.63, 3.8) is 0 Å². The summed E-state index contributed by atoms with van der Waals surface area (Å²) in [5, 5.41) is 9.02. The van der Waals surface area contributed by atoms with Gasteiger partial charge >= 0.3 is 12.0 Å².